The molecular weight excluding hydrogens is 701 g/mol. The monoisotopic (exact) mass is 742 g/mol. The summed E-state index contributed by atoms with van der Waals surface area (Å²) in [7, 11) is 0. The third-order valence-electron chi connectivity index (χ3n) is 11.4. The van der Waals surface area contributed by atoms with Gasteiger partial charge in [0.2, 0.25) is 0 Å². The maximum absolute atomic E-state index is 2.51. The summed E-state index contributed by atoms with van der Waals surface area (Å²) in [6.07, 6.45) is 0. The Morgan fingerprint density at radius 3 is 1.45 bits per heavy atom. The molecule has 0 spiro atoms. The summed E-state index contributed by atoms with van der Waals surface area (Å²) in [5, 5.41) is 2.43. The van der Waals surface area contributed by atoms with Gasteiger partial charge in [0.1, 0.15) is 0 Å². The van der Waals surface area contributed by atoms with E-state index in [1.54, 1.807) is 0 Å². The van der Waals surface area contributed by atoms with E-state index in [1.807, 2.05) is 0 Å². The minimum Gasteiger partial charge on any atom is -0.310 e. The summed E-state index contributed by atoms with van der Waals surface area (Å²) in [5.74, 6) is 0. The fourth-order valence-corrected chi connectivity index (χ4v) is 8.45. The minimum atomic E-state index is 1.08. The molecule has 0 fully saturated rings. The van der Waals surface area contributed by atoms with Crippen LogP contribution in [0.4, 0.5) is 17.1 Å². The summed E-state index contributed by atoms with van der Waals surface area (Å²) in [5.41, 5.74) is 18.7. The van der Waals surface area contributed by atoms with Crippen molar-refractivity contribution in [2.24, 2.45) is 0 Å². The van der Waals surface area contributed by atoms with Gasteiger partial charge in [0.25, 0.3) is 0 Å². The topological polar surface area (TPSA) is 8.17 Å². The molecule has 58 heavy (non-hydrogen) atoms. The molecule has 0 bridgehead atoms. The van der Waals surface area contributed by atoms with Gasteiger partial charge >= 0.3 is 0 Å². The molecule has 0 radical (unpaired) electrons. The lowest BCUT2D eigenvalue weighted by molar-refractivity contribution is 1.18. The van der Waals surface area contributed by atoms with Crippen molar-refractivity contribution in [3.05, 3.63) is 230 Å². The van der Waals surface area contributed by atoms with E-state index in [1.165, 1.54) is 77.6 Å². The van der Waals surface area contributed by atoms with Gasteiger partial charge in [-0.15, -0.1) is 0 Å². The van der Waals surface area contributed by atoms with Crippen LogP contribution in [-0.4, -0.2) is 4.57 Å². The molecule has 0 unspecified atom stereocenters. The Labute approximate surface area is 340 Å². The molecule has 0 aliphatic rings. The summed E-state index contributed by atoms with van der Waals surface area (Å²) in [6.45, 7) is 4.30. The molecule has 0 N–H and O–H groups in total. The number of hydrogen-bond donors (Lipinski definition) is 0. The van der Waals surface area contributed by atoms with E-state index in [9.17, 15) is 0 Å². The first-order valence-electron chi connectivity index (χ1n) is 20.0. The van der Waals surface area contributed by atoms with Crippen LogP contribution in [0.5, 0.6) is 0 Å². The second-order valence-corrected chi connectivity index (χ2v) is 15.1. The van der Waals surface area contributed by atoms with E-state index in [4.69, 9.17) is 0 Å². The van der Waals surface area contributed by atoms with E-state index >= 15 is 0 Å². The SMILES string of the molecule is Cc1ccc(-c2cccc(-c3ccc(C)cc3)c2-n2c3ccccc3c3ccc(N(c4ccc(-c5ccccc5)cc4)c4ccccc4-c4ccccc4)cc32)cc1. The number of rotatable bonds is 8. The van der Waals surface area contributed by atoms with E-state index < -0.39 is 0 Å². The number of para-hydroxylation sites is 3. The van der Waals surface area contributed by atoms with Crippen molar-refractivity contribution >= 4 is 38.9 Å². The van der Waals surface area contributed by atoms with Gasteiger partial charge in [-0.05, 0) is 78.1 Å². The first-order chi connectivity index (χ1) is 28.6. The molecule has 9 aromatic carbocycles. The van der Waals surface area contributed by atoms with E-state index in [0.717, 1.165) is 22.6 Å². The first-order valence-corrected chi connectivity index (χ1v) is 20.0. The van der Waals surface area contributed by atoms with Crippen molar-refractivity contribution in [3.8, 4) is 50.2 Å². The van der Waals surface area contributed by atoms with Crippen LogP contribution in [0.2, 0.25) is 0 Å². The normalized spacial score (nSPS) is 11.3. The third-order valence-corrected chi connectivity index (χ3v) is 11.4. The van der Waals surface area contributed by atoms with Gasteiger partial charge in [0.05, 0.1) is 22.4 Å². The molecule has 0 saturated heterocycles. The number of aromatic nitrogens is 1. The van der Waals surface area contributed by atoms with Crippen molar-refractivity contribution in [2.75, 3.05) is 4.90 Å². The third kappa shape index (κ3) is 6.35. The average Bonchev–Trinajstić information content (AvgIpc) is 3.61. The molecule has 10 aromatic rings. The maximum Gasteiger partial charge on any atom is 0.0618 e. The number of anilines is 3. The molecule has 10 rings (SSSR count). The largest absolute Gasteiger partial charge is 0.310 e. The Morgan fingerprint density at radius 1 is 0.328 bits per heavy atom. The van der Waals surface area contributed by atoms with Gasteiger partial charge in [-0.1, -0.05) is 193 Å². The standard InChI is InChI=1S/C56H42N2/c1-39-24-28-44(29-25-39)49-20-13-21-50(45-30-26-40(2)27-31-45)56(49)58-54-23-12-10-19-51(54)52-37-36-47(38-55(52)58)57(46-34-32-42(33-35-46)41-14-5-3-6-15-41)53-22-11-9-18-48(53)43-16-7-4-8-17-43/h3-38H,1-2H3. The number of aryl methyl sites for hydroxylation is 2. The predicted octanol–water partition coefficient (Wildman–Crippen LogP) is 15.5. The van der Waals surface area contributed by atoms with Crippen LogP contribution in [-0.2, 0) is 0 Å². The van der Waals surface area contributed by atoms with Crippen molar-refractivity contribution < 1.29 is 0 Å². The lowest BCUT2D eigenvalue weighted by atomic mass is 9.94. The molecule has 0 aliphatic heterocycles. The zero-order valence-electron chi connectivity index (χ0n) is 32.7. The van der Waals surface area contributed by atoms with Gasteiger partial charge in [0.15, 0.2) is 0 Å². The van der Waals surface area contributed by atoms with E-state index in [0.29, 0.717) is 0 Å². The molecule has 2 heteroatoms. The first kappa shape index (κ1) is 35.0. The minimum absolute atomic E-state index is 1.08. The highest BCUT2D eigenvalue weighted by atomic mass is 15.1. The smallest absolute Gasteiger partial charge is 0.0618 e. The molecule has 0 aliphatic carbocycles. The number of hydrogen-bond acceptors (Lipinski definition) is 1. The summed E-state index contributed by atoms with van der Waals surface area (Å²) >= 11 is 0. The Morgan fingerprint density at radius 2 is 0.793 bits per heavy atom. The quantitative estimate of drug-likeness (QED) is 0.150. The van der Waals surface area contributed by atoms with Crippen molar-refractivity contribution in [3.63, 3.8) is 0 Å². The van der Waals surface area contributed by atoms with E-state index in [2.05, 4.69) is 242 Å². The highest BCUT2D eigenvalue weighted by Crippen LogP contribution is 2.46. The highest BCUT2D eigenvalue weighted by molar-refractivity contribution is 6.12. The van der Waals surface area contributed by atoms with Gasteiger partial charge in [-0.3, -0.25) is 0 Å². The second-order valence-electron chi connectivity index (χ2n) is 15.1. The van der Waals surface area contributed by atoms with Crippen LogP contribution >= 0.6 is 0 Å². The highest BCUT2D eigenvalue weighted by Gasteiger charge is 2.23. The molecule has 1 aromatic heterocycles. The summed E-state index contributed by atoms with van der Waals surface area (Å²) in [4.78, 5) is 2.42. The molecule has 0 atom stereocenters. The van der Waals surface area contributed by atoms with Crippen LogP contribution in [0, 0.1) is 13.8 Å². The van der Waals surface area contributed by atoms with Crippen LogP contribution in [0.1, 0.15) is 11.1 Å². The maximum atomic E-state index is 2.51. The van der Waals surface area contributed by atoms with Gasteiger partial charge in [-0.25, -0.2) is 0 Å². The molecule has 1 heterocycles. The van der Waals surface area contributed by atoms with Crippen LogP contribution < -0.4 is 4.90 Å². The lowest BCUT2D eigenvalue weighted by Crippen LogP contribution is -2.11. The predicted molar refractivity (Wildman–Crippen MR) is 247 cm³/mol. The fraction of sp³-hybridized carbons (Fsp3) is 0.0357. The van der Waals surface area contributed by atoms with Crippen LogP contribution in [0.25, 0.3) is 72.0 Å². The second kappa shape index (κ2) is 14.9. The Kier molecular flexibility index (Phi) is 9.01. The summed E-state index contributed by atoms with van der Waals surface area (Å²) < 4.78 is 2.51. The molecule has 276 valence electrons. The zero-order chi connectivity index (χ0) is 39.0. The zero-order valence-corrected chi connectivity index (χ0v) is 32.7. The summed E-state index contributed by atoms with van der Waals surface area (Å²) in [6, 6.07) is 79.6. The van der Waals surface area contributed by atoms with E-state index in [-0.39, 0.29) is 0 Å². The van der Waals surface area contributed by atoms with Crippen molar-refractivity contribution in [1.82, 2.24) is 4.57 Å². The van der Waals surface area contributed by atoms with Gasteiger partial charge in [-0.2, -0.15) is 0 Å². The van der Waals surface area contributed by atoms with Crippen molar-refractivity contribution in [1.29, 1.82) is 0 Å². The Balaban J connectivity index is 1.26. The van der Waals surface area contributed by atoms with Gasteiger partial charge in [0, 0.05) is 38.8 Å². The average molecular weight is 743 g/mol. The number of benzene rings is 9. The molecule has 2 nitrogen and oxygen atoms in total. The molecule has 0 amide bonds. The fourth-order valence-electron chi connectivity index (χ4n) is 8.45. The Hall–Kier alpha value is -7.42. The van der Waals surface area contributed by atoms with Crippen molar-refractivity contribution in [2.45, 2.75) is 13.8 Å². The lowest BCUT2D eigenvalue weighted by Gasteiger charge is -2.28. The molecule has 0 saturated carbocycles. The number of fused-ring (bicyclic) bond motifs is 3. The van der Waals surface area contributed by atoms with Crippen LogP contribution in [0.3, 0.4) is 0 Å². The Bertz CT molecular complexity index is 2970. The van der Waals surface area contributed by atoms with Gasteiger partial charge < -0.3 is 9.47 Å². The van der Waals surface area contributed by atoms with Crippen LogP contribution in [0.15, 0.2) is 218 Å². The molecular formula is C56H42N2. The number of nitrogens with zero attached hydrogens (tertiary/aromatic N) is 2.